The van der Waals surface area contributed by atoms with Crippen LogP contribution in [-0.2, 0) is 14.3 Å². The van der Waals surface area contributed by atoms with Gasteiger partial charge in [-0.2, -0.15) is 0 Å². The fourth-order valence-corrected chi connectivity index (χ4v) is 0.772. The van der Waals surface area contributed by atoms with Crippen molar-refractivity contribution in [2.24, 2.45) is 0 Å². The molecular formula is C7H17N3O3. The molecule has 6 nitrogen and oxygen atoms in total. The first-order chi connectivity index (χ1) is 6.19. The Morgan fingerprint density at radius 2 is 1.69 bits per heavy atom. The third kappa shape index (κ3) is 4.18. The zero-order valence-electron chi connectivity index (χ0n) is 8.38. The maximum atomic E-state index is 11.2. The fraction of sp³-hybridized carbons (Fsp3) is 0.857. The van der Waals surface area contributed by atoms with Crippen molar-refractivity contribution in [2.45, 2.75) is 12.6 Å². The van der Waals surface area contributed by atoms with Crippen molar-refractivity contribution in [3.8, 4) is 0 Å². The van der Waals surface area contributed by atoms with Crippen LogP contribution in [-0.4, -0.2) is 46.8 Å². The highest BCUT2D eigenvalue weighted by Gasteiger charge is 2.19. The summed E-state index contributed by atoms with van der Waals surface area (Å²) in [6.07, 6.45) is -1.23. The number of rotatable bonds is 6. The predicted octanol–water partition coefficient (Wildman–Crippen LogP) is -1.56. The van der Waals surface area contributed by atoms with Gasteiger partial charge in [0.2, 0.25) is 12.6 Å². The quantitative estimate of drug-likeness (QED) is 0.348. The van der Waals surface area contributed by atoms with Gasteiger partial charge in [0.1, 0.15) is 0 Å². The molecule has 78 valence electrons. The summed E-state index contributed by atoms with van der Waals surface area (Å²) in [4.78, 5) is 11.2. The molecule has 0 aromatic rings. The van der Waals surface area contributed by atoms with Gasteiger partial charge in [-0.3, -0.25) is 16.0 Å². The molecule has 0 spiro atoms. The Bertz CT molecular complexity index is 146. The molecule has 0 fully saturated rings. The molecule has 1 unspecified atom stereocenters. The van der Waals surface area contributed by atoms with E-state index in [9.17, 15) is 4.79 Å². The number of methoxy groups -OCH3 is 1. The monoisotopic (exact) mass is 191 g/mol. The molecule has 3 N–H and O–H groups in total. The largest absolute Gasteiger partial charge is 0.430 e. The van der Waals surface area contributed by atoms with Gasteiger partial charge >= 0.3 is 5.97 Å². The van der Waals surface area contributed by atoms with Gasteiger partial charge < -0.3 is 9.47 Å². The average Bonchev–Trinajstić information content (AvgIpc) is 2.16. The van der Waals surface area contributed by atoms with Crippen LogP contribution in [0.15, 0.2) is 0 Å². The number of carbonyl (C=O) groups is 1. The van der Waals surface area contributed by atoms with Gasteiger partial charge in [-0.05, 0) is 21.1 Å². The predicted molar refractivity (Wildman–Crippen MR) is 47.9 cm³/mol. The molecule has 0 heterocycles. The highest BCUT2D eigenvalue weighted by Crippen LogP contribution is 1.91. The van der Waals surface area contributed by atoms with Gasteiger partial charge in [-0.15, -0.1) is 0 Å². The highest BCUT2D eigenvalue weighted by molar-refractivity contribution is 5.74. The van der Waals surface area contributed by atoms with Crippen molar-refractivity contribution in [1.29, 1.82) is 0 Å². The third-order valence-corrected chi connectivity index (χ3v) is 1.47. The minimum Gasteiger partial charge on any atom is -0.430 e. The van der Waals surface area contributed by atoms with Crippen LogP contribution in [0, 0.1) is 0 Å². The van der Waals surface area contributed by atoms with Gasteiger partial charge in [-0.25, -0.2) is 4.79 Å². The molecule has 0 rings (SSSR count). The van der Waals surface area contributed by atoms with Crippen LogP contribution in [0.3, 0.4) is 0 Å². The number of likely N-dealkylation sites (N-methyl/N-ethyl adjacent to an activating group) is 1. The first kappa shape index (κ1) is 12.3. The molecule has 0 radical (unpaired) electrons. The fourth-order valence-electron chi connectivity index (χ4n) is 0.772. The van der Waals surface area contributed by atoms with E-state index in [2.05, 4.69) is 16.0 Å². The lowest BCUT2D eigenvalue weighted by atomic mass is 10.6. The van der Waals surface area contributed by atoms with Crippen LogP contribution < -0.4 is 16.0 Å². The zero-order valence-corrected chi connectivity index (χ0v) is 8.38. The minimum absolute atomic E-state index is 0.473. The van der Waals surface area contributed by atoms with E-state index in [4.69, 9.17) is 9.47 Å². The van der Waals surface area contributed by atoms with Gasteiger partial charge in [0.05, 0.1) is 0 Å². The number of hydrogen-bond donors (Lipinski definition) is 3. The number of hydrogen-bond acceptors (Lipinski definition) is 6. The Balaban J connectivity index is 3.95. The van der Waals surface area contributed by atoms with E-state index in [-0.39, 0.29) is 0 Å². The summed E-state index contributed by atoms with van der Waals surface area (Å²) in [5.41, 5.74) is 0. The molecule has 0 aliphatic heterocycles. The van der Waals surface area contributed by atoms with Crippen LogP contribution in [0.5, 0.6) is 0 Å². The Hall–Kier alpha value is -0.690. The van der Waals surface area contributed by atoms with Crippen molar-refractivity contribution in [3.63, 3.8) is 0 Å². The number of esters is 1. The summed E-state index contributed by atoms with van der Waals surface area (Å²) < 4.78 is 9.75. The van der Waals surface area contributed by atoms with Crippen LogP contribution in [0.25, 0.3) is 0 Å². The zero-order chi connectivity index (χ0) is 10.3. The first-order valence-corrected chi connectivity index (χ1v) is 3.94. The minimum atomic E-state index is -0.732. The molecule has 0 aromatic carbocycles. The number of carbonyl (C=O) groups excluding carboxylic acids is 1. The van der Waals surface area contributed by atoms with Gasteiger partial charge in [0.25, 0.3) is 0 Å². The van der Waals surface area contributed by atoms with E-state index in [1.54, 1.807) is 21.1 Å². The van der Waals surface area contributed by atoms with Crippen molar-refractivity contribution in [2.75, 3.05) is 28.3 Å². The molecule has 0 amide bonds. The van der Waals surface area contributed by atoms with E-state index in [0.29, 0.717) is 0 Å². The van der Waals surface area contributed by atoms with Gasteiger partial charge in [-0.1, -0.05) is 0 Å². The van der Waals surface area contributed by atoms with E-state index in [1.165, 1.54) is 7.11 Å². The molecule has 0 bridgehead atoms. The second-order valence-corrected chi connectivity index (χ2v) is 2.30. The summed E-state index contributed by atoms with van der Waals surface area (Å²) in [5.74, 6) is -0.473. The summed E-state index contributed by atoms with van der Waals surface area (Å²) in [6, 6.07) is 0. The lowest BCUT2D eigenvalue weighted by Crippen LogP contribution is -2.46. The molecule has 0 saturated heterocycles. The Morgan fingerprint density at radius 1 is 1.15 bits per heavy atom. The van der Waals surface area contributed by atoms with Crippen LogP contribution in [0.4, 0.5) is 0 Å². The van der Waals surface area contributed by atoms with Crippen molar-refractivity contribution < 1.29 is 14.3 Å². The SMILES string of the molecule is CNC(NC)OC(=O)C(NC)OC. The number of nitrogens with one attached hydrogen (secondary N) is 3. The van der Waals surface area contributed by atoms with Crippen molar-refractivity contribution >= 4 is 5.97 Å². The van der Waals surface area contributed by atoms with E-state index < -0.39 is 18.5 Å². The molecule has 0 saturated carbocycles. The maximum Gasteiger partial charge on any atom is 0.353 e. The summed E-state index contributed by atoms with van der Waals surface area (Å²) in [6.45, 7) is 0. The van der Waals surface area contributed by atoms with Gasteiger partial charge in [0, 0.05) is 7.11 Å². The molecular weight excluding hydrogens is 174 g/mol. The molecule has 6 heteroatoms. The molecule has 1 atom stereocenters. The standard InChI is InChI=1S/C7H17N3O3/c1-8-5(12-4)6(11)13-7(9-2)10-3/h5,7-10H,1-4H3. The second kappa shape index (κ2) is 6.79. The summed E-state index contributed by atoms with van der Waals surface area (Å²) in [7, 11) is 6.39. The van der Waals surface area contributed by atoms with E-state index >= 15 is 0 Å². The molecule has 0 aliphatic rings. The van der Waals surface area contributed by atoms with Crippen molar-refractivity contribution in [1.82, 2.24) is 16.0 Å². The average molecular weight is 191 g/mol. The Kier molecular flexibility index (Phi) is 6.43. The highest BCUT2D eigenvalue weighted by atomic mass is 16.6. The van der Waals surface area contributed by atoms with E-state index in [0.717, 1.165) is 0 Å². The lowest BCUT2D eigenvalue weighted by Gasteiger charge is -2.19. The molecule has 13 heavy (non-hydrogen) atoms. The smallest absolute Gasteiger partial charge is 0.353 e. The molecule has 0 aromatic heterocycles. The molecule has 0 aliphatic carbocycles. The second-order valence-electron chi connectivity index (χ2n) is 2.30. The van der Waals surface area contributed by atoms with Crippen molar-refractivity contribution in [3.05, 3.63) is 0 Å². The summed E-state index contributed by atoms with van der Waals surface area (Å²) in [5, 5.41) is 8.15. The lowest BCUT2D eigenvalue weighted by molar-refractivity contribution is -0.165. The van der Waals surface area contributed by atoms with Gasteiger partial charge in [0.15, 0.2) is 0 Å². The Morgan fingerprint density at radius 3 is 2.00 bits per heavy atom. The Labute approximate surface area is 78.0 Å². The first-order valence-electron chi connectivity index (χ1n) is 3.94. The normalized spacial score (nSPS) is 13.0. The van der Waals surface area contributed by atoms with Crippen LogP contribution in [0.1, 0.15) is 0 Å². The van der Waals surface area contributed by atoms with Crippen LogP contribution >= 0.6 is 0 Å². The number of ether oxygens (including phenoxy) is 2. The maximum absolute atomic E-state index is 11.2. The summed E-state index contributed by atoms with van der Waals surface area (Å²) >= 11 is 0. The third-order valence-electron chi connectivity index (χ3n) is 1.47. The topological polar surface area (TPSA) is 71.6 Å². The van der Waals surface area contributed by atoms with Crippen LogP contribution in [0.2, 0.25) is 0 Å². The van der Waals surface area contributed by atoms with E-state index in [1.807, 2.05) is 0 Å².